The molecule has 0 bridgehead atoms. The molecule has 22 heavy (non-hydrogen) atoms. The van der Waals surface area contributed by atoms with Crippen LogP contribution in [0.1, 0.15) is 19.7 Å². The molecule has 0 saturated carbocycles. The van der Waals surface area contributed by atoms with Crippen LogP contribution in [0.25, 0.3) is 10.9 Å². The summed E-state index contributed by atoms with van der Waals surface area (Å²) in [6, 6.07) is 5.55. The van der Waals surface area contributed by atoms with Gasteiger partial charge in [-0.2, -0.15) is 0 Å². The molecule has 2 rings (SSSR count). The molecule has 0 spiro atoms. The van der Waals surface area contributed by atoms with Crippen molar-refractivity contribution in [1.82, 2.24) is 14.9 Å². The van der Waals surface area contributed by atoms with Crippen molar-refractivity contribution in [2.45, 2.75) is 32.9 Å². The first kappa shape index (κ1) is 16.5. The topological polar surface area (TPSA) is 76.4 Å². The van der Waals surface area contributed by atoms with Crippen molar-refractivity contribution in [3.8, 4) is 5.75 Å². The van der Waals surface area contributed by atoms with Crippen LogP contribution in [0, 0.1) is 6.92 Å². The van der Waals surface area contributed by atoms with Crippen molar-refractivity contribution in [3.05, 3.63) is 34.4 Å². The summed E-state index contributed by atoms with van der Waals surface area (Å²) in [5.41, 5.74) is 0.432. The number of ether oxygens (including phenoxy) is 1. The van der Waals surface area contributed by atoms with Crippen molar-refractivity contribution >= 4 is 10.9 Å². The van der Waals surface area contributed by atoms with Crippen LogP contribution < -0.4 is 15.6 Å². The highest BCUT2D eigenvalue weighted by Crippen LogP contribution is 2.21. The van der Waals surface area contributed by atoms with E-state index in [9.17, 15) is 9.90 Å². The van der Waals surface area contributed by atoms with E-state index in [2.05, 4.69) is 10.3 Å². The highest BCUT2D eigenvalue weighted by molar-refractivity contribution is 5.83. The number of aromatic nitrogens is 2. The van der Waals surface area contributed by atoms with Crippen molar-refractivity contribution in [1.29, 1.82) is 0 Å². The van der Waals surface area contributed by atoms with Crippen LogP contribution in [0.4, 0.5) is 0 Å². The van der Waals surface area contributed by atoms with Gasteiger partial charge in [-0.15, -0.1) is 0 Å². The number of rotatable bonds is 6. The van der Waals surface area contributed by atoms with Crippen molar-refractivity contribution in [2.75, 3.05) is 13.2 Å². The molecule has 1 atom stereocenters. The van der Waals surface area contributed by atoms with E-state index in [1.165, 1.54) is 4.57 Å². The zero-order valence-corrected chi connectivity index (χ0v) is 13.5. The molecule has 0 fully saturated rings. The molecule has 6 heteroatoms. The third kappa shape index (κ3) is 3.64. The molecular weight excluding hydrogens is 282 g/mol. The van der Waals surface area contributed by atoms with Gasteiger partial charge < -0.3 is 15.2 Å². The molecule has 1 aromatic heterocycles. The minimum atomic E-state index is -0.620. The monoisotopic (exact) mass is 305 g/mol. The maximum absolute atomic E-state index is 12.2. The first-order valence-electron chi connectivity index (χ1n) is 7.40. The molecule has 2 N–H and O–H groups in total. The Kier molecular flexibility index (Phi) is 5.15. The lowest BCUT2D eigenvalue weighted by Crippen LogP contribution is -2.35. The van der Waals surface area contributed by atoms with Crippen LogP contribution >= 0.6 is 0 Å². The average Bonchev–Trinajstić information content (AvgIpc) is 2.49. The minimum Gasteiger partial charge on any atom is -0.489 e. The molecule has 0 aliphatic rings. The zero-order chi connectivity index (χ0) is 16.3. The largest absolute Gasteiger partial charge is 0.489 e. The summed E-state index contributed by atoms with van der Waals surface area (Å²) in [5, 5.41) is 13.6. The first-order chi connectivity index (χ1) is 10.4. The summed E-state index contributed by atoms with van der Waals surface area (Å²) >= 11 is 0. The Morgan fingerprint density at radius 3 is 2.82 bits per heavy atom. The maximum Gasteiger partial charge on any atom is 0.261 e. The van der Waals surface area contributed by atoms with Crippen LogP contribution in [-0.4, -0.2) is 40.0 Å². The fourth-order valence-corrected chi connectivity index (χ4v) is 2.11. The Bertz CT molecular complexity index is 710. The molecule has 6 nitrogen and oxygen atoms in total. The second-order valence-electron chi connectivity index (χ2n) is 5.70. The lowest BCUT2D eigenvalue weighted by Gasteiger charge is -2.16. The fourth-order valence-electron chi connectivity index (χ4n) is 2.11. The smallest absolute Gasteiger partial charge is 0.261 e. The highest BCUT2D eigenvalue weighted by Gasteiger charge is 2.12. The first-order valence-corrected chi connectivity index (χ1v) is 7.40. The summed E-state index contributed by atoms with van der Waals surface area (Å²) in [6.45, 7) is 6.41. The second-order valence-corrected chi connectivity index (χ2v) is 5.70. The second kappa shape index (κ2) is 6.89. The van der Waals surface area contributed by atoms with Crippen molar-refractivity contribution < 1.29 is 9.84 Å². The molecule has 0 amide bonds. The molecule has 0 radical (unpaired) electrons. The van der Waals surface area contributed by atoms with Gasteiger partial charge in [-0.3, -0.25) is 9.36 Å². The number of aliphatic hydroxyl groups excluding tert-OH is 1. The quantitative estimate of drug-likeness (QED) is 0.832. The number of nitrogens with zero attached hydrogens (tertiary/aromatic N) is 2. The van der Waals surface area contributed by atoms with E-state index in [4.69, 9.17) is 4.74 Å². The number of fused-ring (bicyclic) bond motifs is 1. The molecule has 0 saturated heterocycles. The van der Waals surface area contributed by atoms with Gasteiger partial charge in [0.05, 0.1) is 5.39 Å². The van der Waals surface area contributed by atoms with Crippen LogP contribution in [0.3, 0.4) is 0 Å². The number of hydrogen-bond donors (Lipinski definition) is 2. The van der Waals surface area contributed by atoms with Gasteiger partial charge >= 0.3 is 0 Å². The standard InChI is InChI=1S/C16H23N3O3/c1-10(2)17-8-12(20)9-22-14-7-5-6-13-15(14)18-11(3)19(4)16(13)21/h5-7,10,12,17,20H,8-9H2,1-4H3. The number of aryl methyl sites for hydroxylation is 1. The van der Waals surface area contributed by atoms with Gasteiger partial charge in [-0.05, 0) is 19.1 Å². The van der Waals surface area contributed by atoms with E-state index >= 15 is 0 Å². The number of hydrogen-bond acceptors (Lipinski definition) is 5. The Morgan fingerprint density at radius 1 is 1.41 bits per heavy atom. The molecule has 1 unspecified atom stereocenters. The van der Waals surface area contributed by atoms with Gasteiger partial charge in [0.2, 0.25) is 0 Å². The van der Waals surface area contributed by atoms with Crippen LogP contribution in [0.2, 0.25) is 0 Å². The van der Waals surface area contributed by atoms with E-state index in [0.717, 1.165) is 0 Å². The third-order valence-electron chi connectivity index (χ3n) is 3.49. The molecule has 2 aromatic rings. The number of aliphatic hydroxyl groups is 1. The summed E-state index contributed by atoms with van der Waals surface area (Å²) in [6.07, 6.45) is -0.620. The molecule has 120 valence electrons. The Morgan fingerprint density at radius 2 is 2.14 bits per heavy atom. The maximum atomic E-state index is 12.2. The predicted octanol–water partition coefficient (Wildman–Crippen LogP) is 0.980. The van der Waals surface area contributed by atoms with Crippen molar-refractivity contribution in [3.63, 3.8) is 0 Å². The molecule has 0 aliphatic heterocycles. The zero-order valence-electron chi connectivity index (χ0n) is 13.5. The van der Waals surface area contributed by atoms with Gasteiger partial charge in [0, 0.05) is 19.6 Å². The Balaban J connectivity index is 2.20. The lowest BCUT2D eigenvalue weighted by molar-refractivity contribution is 0.105. The summed E-state index contributed by atoms with van der Waals surface area (Å²) in [4.78, 5) is 16.7. The Labute approximate surface area is 129 Å². The number of nitrogens with one attached hydrogen (secondary N) is 1. The van der Waals surface area contributed by atoms with Crippen LogP contribution in [0.15, 0.2) is 23.0 Å². The summed E-state index contributed by atoms with van der Waals surface area (Å²) in [7, 11) is 1.69. The fraction of sp³-hybridized carbons (Fsp3) is 0.500. The normalized spacial score (nSPS) is 12.8. The number of benzene rings is 1. The molecule has 1 aromatic carbocycles. The van der Waals surface area contributed by atoms with Crippen molar-refractivity contribution in [2.24, 2.45) is 7.05 Å². The van der Waals surface area contributed by atoms with Gasteiger partial charge in [-0.1, -0.05) is 19.9 Å². The average molecular weight is 305 g/mol. The van der Waals surface area contributed by atoms with Gasteiger partial charge in [0.25, 0.3) is 5.56 Å². The highest BCUT2D eigenvalue weighted by atomic mass is 16.5. The summed E-state index contributed by atoms with van der Waals surface area (Å²) < 4.78 is 7.17. The van der Waals surface area contributed by atoms with Gasteiger partial charge in [-0.25, -0.2) is 4.98 Å². The van der Waals surface area contributed by atoms with E-state index in [-0.39, 0.29) is 12.2 Å². The number of para-hydroxylation sites is 1. The van der Waals surface area contributed by atoms with Crippen LogP contribution in [0.5, 0.6) is 5.75 Å². The van der Waals surface area contributed by atoms with E-state index < -0.39 is 6.10 Å². The predicted molar refractivity (Wildman–Crippen MR) is 86.4 cm³/mol. The SMILES string of the molecule is Cc1nc2c(OCC(O)CNC(C)C)cccc2c(=O)n1C. The lowest BCUT2D eigenvalue weighted by atomic mass is 10.2. The van der Waals surface area contributed by atoms with E-state index in [1.807, 2.05) is 13.8 Å². The third-order valence-corrected chi connectivity index (χ3v) is 3.49. The molecule has 0 aliphatic carbocycles. The Hall–Kier alpha value is -1.92. The van der Waals surface area contributed by atoms with Gasteiger partial charge in [0.15, 0.2) is 0 Å². The molecular formula is C16H23N3O3. The van der Waals surface area contributed by atoms with Crippen LogP contribution in [-0.2, 0) is 7.05 Å². The molecule has 1 heterocycles. The van der Waals surface area contributed by atoms with E-state index in [0.29, 0.717) is 35.1 Å². The van der Waals surface area contributed by atoms with Gasteiger partial charge in [0.1, 0.15) is 29.8 Å². The summed E-state index contributed by atoms with van der Waals surface area (Å²) in [5.74, 6) is 1.14. The van der Waals surface area contributed by atoms with E-state index in [1.54, 1.807) is 32.2 Å². The minimum absolute atomic E-state index is 0.102.